The van der Waals surface area contributed by atoms with Crippen LogP contribution in [-0.2, 0) is 6.42 Å². The highest BCUT2D eigenvalue weighted by Crippen LogP contribution is 2.61. The monoisotopic (exact) mass is 307 g/mol. The lowest BCUT2D eigenvalue weighted by atomic mass is 9.47. The molecule has 2 N–H and O–H groups in total. The van der Waals surface area contributed by atoms with E-state index in [1.807, 2.05) is 0 Å². The molecular weight excluding hydrogens is 285 g/mol. The fourth-order valence-corrected chi connectivity index (χ4v) is 6.04. The summed E-state index contributed by atoms with van der Waals surface area (Å²) in [4.78, 5) is 0. The number of nitrogens with two attached hydrogens (primary N) is 1. The van der Waals surface area contributed by atoms with Crippen LogP contribution in [0.15, 0.2) is 18.2 Å². The molecule has 1 nitrogen and oxygen atoms in total. The van der Waals surface area contributed by atoms with Crippen molar-refractivity contribution in [2.24, 2.45) is 28.9 Å². The summed E-state index contributed by atoms with van der Waals surface area (Å²) in [6, 6.07) is 4.97. The van der Waals surface area contributed by atoms with Gasteiger partial charge in [-0.1, -0.05) is 17.7 Å². The molecule has 1 aromatic rings. The summed E-state index contributed by atoms with van der Waals surface area (Å²) in [6.45, 7) is 0. The molecule has 0 heterocycles. The summed E-state index contributed by atoms with van der Waals surface area (Å²) in [5, 5.41) is 0.523. The number of benzene rings is 1. The summed E-state index contributed by atoms with van der Waals surface area (Å²) in [7, 11) is 0. The zero-order valence-corrected chi connectivity index (χ0v) is 13.1. The lowest BCUT2D eigenvalue weighted by molar-refractivity contribution is -0.0668. The average molecular weight is 308 g/mol. The number of hydrogen-bond donors (Lipinski definition) is 1. The van der Waals surface area contributed by atoms with Gasteiger partial charge in [-0.3, -0.25) is 0 Å². The lowest BCUT2D eigenvalue weighted by Gasteiger charge is -2.59. The topological polar surface area (TPSA) is 26.0 Å². The summed E-state index contributed by atoms with van der Waals surface area (Å²) >= 11 is 6.19. The van der Waals surface area contributed by atoms with Crippen LogP contribution in [0.3, 0.4) is 0 Å². The zero-order chi connectivity index (χ0) is 14.6. The molecule has 1 aromatic carbocycles. The highest BCUT2D eigenvalue weighted by atomic mass is 35.5. The molecule has 5 rings (SSSR count). The normalized spacial score (nSPS) is 38.7. The first-order valence-corrected chi connectivity index (χ1v) is 8.62. The van der Waals surface area contributed by atoms with Gasteiger partial charge in [0.25, 0.3) is 0 Å². The average Bonchev–Trinajstić information content (AvgIpc) is 2.41. The smallest absolute Gasteiger partial charge is 0.127 e. The van der Waals surface area contributed by atoms with Gasteiger partial charge in [-0.05, 0) is 80.2 Å². The van der Waals surface area contributed by atoms with Crippen molar-refractivity contribution in [3.8, 4) is 0 Å². The molecule has 0 aromatic heterocycles. The van der Waals surface area contributed by atoms with Crippen molar-refractivity contribution < 1.29 is 4.39 Å². The molecule has 0 saturated heterocycles. The summed E-state index contributed by atoms with van der Waals surface area (Å²) < 4.78 is 14.0. The minimum atomic E-state index is -0.206. The second-order valence-corrected chi connectivity index (χ2v) is 8.20. The van der Waals surface area contributed by atoms with Crippen molar-refractivity contribution in [3.05, 3.63) is 34.6 Å². The maximum absolute atomic E-state index is 14.0. The first-order chi connectivity index (χ1) is 10.1. The zero-order valence-electron chi connectivity index (χ0n) is 12.3. The summed E-state index contributed by atoms with van der Waals surface area (Å²) in [5.41, 5.74) is 7.48. The third-order valence-electron chi connectivity index (χ3n) is 6.36. The third kappa shape index (κ3) is 2.31. The maximum atomic E-state index is 14.0. The largest absolute Gasteiger partial charge is 0.327 e. The minimum absolute atomic E-state index is 0.0419. The van der Waals surface area contributed by atoms with E-state index in [9.17, 15) is 4.39 Å². The van der Waals surface area contributed by atoms with E-state index < -0.39 is 0 Å². The Morgan fingerprint density at radius 2 is 1.71 bits per heavy atom. The van der Waals surface area contributed by atoms with Crippen LogP contribution in [0.5, 0.6) is 0 Å². The molecule has 4 aliphatic carbocycles. The van der Waals surface area contributed by atoms with Gasteiger partial charge in [0.1, 0.15) is 5.82 Å². The molecule has 1 unspecified atom stereocenters. The van der Waals surface area contributed by atoms with Gasteiger partial charge in [0, 0.05) is 16.6 Å². The Bertz CT molecular complexity index is 501. The van der Waals surface area contributed by atoms with Crippen LogP contribution >= 0.6 is 11.6 Å². The van der Waals surface area contributed by atoms with Crippen LogP contribution in [0.2, 0.25) is 5.02 Å². The molecule has 0 amide bonds. The van der Waals surface area contributed by atoms with Gasteiger partial charge in [-0.2, -0.15) is 0 Å². The summed E-state index contributed by atoms with van der Waals surface area (Å²) in [6.07, 6.45) is 8.58. The van der Waals surface area contributed by atoms with Gasteiger partial charge in [0.15, 0.2) is 0 Å². The molecule has 4 fully saturated rings. The first kappa shape index (κ1) is 14.0. The number of halogens is 2. The van der Waals surface area contributed by atoms with E-state index in [0.717, 1.165) is 17.8 Å². The SMILES string of the molecule is NC(Cc1c(F)cccc1Cl)C12CC3CC(CC(C3)C1)C2. The van der Waals surface area contributed by atoms with E-state index in [1.54, 1.807) is 12.1 Å². The molecule has 0 spiro atoms. The minimum Gasteiger partial charge on any atom is -0.327 e. The van der Waals surface area contributed by atoms with Gasteiger partial charge in [-0.25, -0.2) is 4.39 Å². The molecule has 1 atom stereocenters. The standard InChI is InChI=1S/C18H23ClFN/c19-15-2-1-3-16(20)14(15)7-17(21)18-8-11-4-12(9-18)6-13(5-11)10-18/h1-3,11-13,17H,4-10,21H2. The Kier molecular flexibility index (Phi) is 3.31. The molecule has 4 saturated carbocycles. The molecule has 4 aliphatic rings. The second-order valence-electron chi connectivity index (χ2n) is 7.79. The van der Waals surface area contributed by atoms with Gasteiger partial charge in [-0.15, -0.1) is 0 Å². The van der Waals surface area contributed by atoms with Gasteiger partial charge >= 0.3 is 0 Å². The Hall–Kier alpha value is -0.600. The van der Waals surface area contributed by atoms with Crippen LogP contribution < -0.4 is 5.73 Å². The highest BCUT2D eigenvalue weighted by Gasteiger charge is 2.53. The molecular formula is C18H23ClFN. The van der Waals surface area contributed by atoms with E-state index in [4.69, 9.17) is 17.3 Å². The van der Waals surface area contributed by atoms with Crippen LogP contribution in [0.1, 0.15) is 44.1 Å². The quantitative estimate of drug-likeness (QED) is 0.870. The fourth-order valence-electron chi connectivity index (χ4n) is 5.80. The van der Waals surface area contributed by atoms with Crippen LogP contribution in [-0.4, -0.2) is 6.04 Å². The van der Waals surface area contributed by atoms with Crippen LogP contribution in [0, 0.1) is 29.0 Å². The fraction of sp³-hybridized carbons (Fsp3) is 0.667. The van der Waals surface area contributed by atoms with Crippen molar-refractivity contribution >= 4 is 11.6 Å². The Morgan fingerprint density at radius 3 is 2.24 bits per heavy atom. The molecule has 0 aliphatic heterocycles. The Morgan fingerprint density at radius 1 is 1.14 bits per heavy atom. The number of hydrogen-bond acceptors (Lipinski definition) is 1. The Balaban J connectivity index is 1.59. The summed E-state index contributed by atoms with van der Waals surface area (Å²) in [5.74, 6) is 2.41. The van der Waals surface area contributed by atoms with Gasteiger partial charge in [0.2, 0.25) is 0 Å². The molecule has 0 radical (unpaired) electrons. The van der Waals surface area contributed by atoms with Crippen molar-refractivity contribution in [1.29, 1.82) is 0 Å². The van der Waals surface area contributed by atoms with E-state index in [0.29, 0.717) is 17.0 Å². The van der Waals surface area contributed by atoms with Crippen LogP contribution in [0.4, 0.5) is 4.39 Å². The van der Waals surface area contributed by atoms with E-state index in [-0.39, 0.29) is 17.3 Å². The van der Waals surface area contributed by atoms with Crippen molar-refractivity contribution in [2.75, 3.05) is 0 Å². The molecule has 4 bridgehead atoms. The predicted octanol–water partition coefficient (Wildman–Crippen LogP) is 4.57. The highest BCUT2D eigenvalue weighted by molar-refractivity contribution is 6.31. The van der Waals surface area contributed by atoms with Gasteiger partial charge < -0.3 is 5.73 Å². The lowest BCUT2D eigenvalue weighted by Crippen LogP contribution is -2.55. The second kappa shape index (κ2) is 4.96. The maximum Gasteiger partial charge on any atom is 0.127 e. The molecule has 114 valence electrons. The van der Waals surface area contributed by atoms with Gasteiger partial charge in [0.05, 0.1) is 0 Å². The van der Waals surface area contributed by atoms with Crippen molar-refractivity contribution in [2.45, 2.75) is 51.0 Å². The van der Waals surface area contributed by atoms with Crippen LogP contribution in [0.25, 0.3) is 0 Å². The molecule has 21 heavy (non-hydrogen) atoms. The Labute approximate surface area is 131 Å². The molecule has 3 heteroatoms. The van der Waals surface area contributed by atoms with Crippen molar-refractivity contribution in [1.82, 2.24) is 0 Å². The first-order valence-electron chi connectivity index (χ1n) is 8.24. The number of rotatable bonds is 3. The predicted molar refractivity (Wildman–Crippen MR) is 83.7 cm³/mol. The van der Waals surface area contributed by atoms with E-state index in [1.165, 1.54) is 44.6 Å². The third-order valence-corrected chi connectivity index (χ3v) is 6.71. The van der Waals surface area contributed by atoms with Crippen molar-refractivity contribution in [3.63, 3.8) is 0 Å². The van der Waals surface area contributed by atoms with E-state index in [2.05, 4.69) is 0 Å². The van der Waals surface area contributed by atoms with E-state index >= 15 is 0 Å².